The first-order chi connectivity index (χ1) is 10.5. The van der Waals surface area contributed by atoms with Gasteiger partial charge in [0.2, 0.25) is 0 Å². The minimum atomic E-state index is -0.687. The van der Waals surface area contributed by atoms with Gasteiger partial charge in [0.1, 0.15) is 11.9 Å². The maximum absolute atomic E-state index is 11.6. The van der Waals surface area contributed by atoms with E-state index >= 15 is 0 Å². The van der Waals surface area contributed by atoms with Crippen molar-refractivity contribution in [3.05, 3.63) is 56.7 Å². The van der Waals surface area contributed by atoms with E-state index < -0.39 is 12.6 Å². The Morgan fingerprint density at radius 1 is 1.23 bits per heavy atom. The average Bonchev–Trinajstić information content (AvgIpc) is 2.49. The molecular formula is C13H9Cl3N2O4. The molecule has 0 bridgehead atoms. The fourth-order valence-electron chi connectivity index (χ4n) is 1.43. The Hall–Kier alpha value is -1.76. The summed E-state index contributed by atoms with van der Waals surface area (Å²) >= 11 is 17.5. The average molecular weight is 364 g/mol. The number of rotatable bonds is 5. The minimum Gasteiger partial charge on any atom is -0.711 e. The summed E-state index contributed by atoms with van der Waals surface area (Å²) in [5, 5.41) is 12.0. The lowest BCUT2D eigenvalue weighted by molar-refractivity contribution is -0.620. The van der Waals surface area contributed by atoms with Gasteiger partial charge in [-0.1, -0.05) is 34.8 Å². The van der Waals surface area contributed by atoms with Crippen LogP contribution in [0, 0.1) is 5.21 Å². The van der Waals surface area contributed by atoms with Gasteiger partial charge in [0.25, 0.3) is 0 Å². The molecule has 116 valence electrons. The van der Waals surface area contributed by atoms with Crippen molar-refractivity contribution in [2.45, 2.75) is 6.61 Å². The largest absolute Gasteiger partial charge is 0.711 e. The highest BCUT2D eigenvalue weighted by Gasteiger charge is 2.13. The van der Waals surface area contributed by atoms with Crippen LogP contribution in [0.25, 0.3) is 0 Å². The third kappa shape index (κ3) is 4.37. The normalized spacial score (nSPS) is 10.3. The highest BCUT2D eigenvalue weighted by atomic mass is 35.5. The molecule has 0 fully saturated rings. The number of carbonyl (C=O) groups excluding carboxylic acids is 1. The zero-order valence-electron chi connectivity index (χ0n) is 11.0. The SMILES string of the molecule is O=C(COc1cc(Cl)c(Cl)cc1Cl)OCc1nccc[n+]1[O-]. The number of nitrogens with zero attached hydrogens (tertiary/aromatic N) is 2. The summed E-state index contributed by atoms with van der Waals surface area (Å²) in [4.78, 5) is 15.4. The van der Waals surface area contributed by atoms with Crippen molar-refractivity contribution in [1.82, 2.24) is 4.98 Å². The van der Waals surface area contributed by atoms with Crippen molar-refractivity contribution in [2.24, 2.45) is 0 Å². The maximum Gasteiger partial charge on any atom is 0.344 e. The van der Waals surface area contributed by atoms with Crippen molar-refractivity contribution in [3.63, 3.8) is 0 Å². The molecule has 0 radical (unpaired) electrons. The highest BCUT2D eigenvalue weighted by Crippen LogP contribution is 2.33. The number of halogens is 3. The van der Waals surface area contributed by atoms with Crippen molar-refractivity contribution in [1.29, 1.82) is 0 Å². The van der Waals surface area contributed by atoms with Crippen LogP contribution in [0.15, 0.2) is 30.6 Å². The van der Waals surface area contributed by atoms with Crippen LogP contribution < -0.4 is 9.47 Å². The van der Waals surface area contributed by atoms with Crippen LogP contribution in [0.1, 0.15) is 5.82 Å². The van der Waals surface area contributed by atoms with Gasteiger partial charge in [-0.05, 0) is 11.1 Å². The topological polar surface area (TPSA) is 75.4 Å². The Balaban J connectivity index is 1.88. The van der Waals surface area contributed by atoms with Crippen molar-refractivity contribution in [3.8, 4) is 5.75 Å². The molecule has 22 heavy (non-hydrogen) atoms. The third-order valence-corrected chi connectivity index (χ3v) is 3.49. The summed E-state index contributed by atoms with van der Waals surface area (Å²) in [6, 6.07) is 4.26. The number of esters is 1. The molecule has 1 aromatic carbocycles. The van der Waals surface area contributed by atoms with Gasteiger partial charge < -0.3 is 14.7 Å². The molecule has 0 saturated carbocycles. The number of carbonyl (C=O) groups is 1. The van der Waals surface area contributed by atoms with Gasteiger partial charge in [-0.3, -0.25) is 0 Å². The molecule has 9 heteroatoms. The first-order valence-corrected chi connectivity index (χ1v) is 7.07. The van der Waals surface area contributed by atoms with E-state index in [0.717, 1.165) is 0 Å². The predicted octanol–water partition coefficient (Wildman–Crippen LogP) is 2.80. The van der Waals surface area contributed by atoms with Crippen LogP contribution in [0.3, 0.4) is 0 Å². The van der Waals surface area contributed by atoms with Crippen molar-refractivity contribution < 1.29 is 19.0 Å². The van der Waals surface area contributed by atoms with Gasteiger partial charge in [-0.15, -0.1) is 0 Å². The standard InChI is InChI=1S/C13H9Cl3N2O4/c14-8-4-10(16)11(5-9(8)15)21-7-13(19)22-6-12-17-2-1-3-18(12)20/h1-5H,6-7H2. The maximum atomic E-state index is 11.6. The Bertz CT molecular complexity index is 697. The monoisotopic (exact) mass is 362 g/mol. The molecule has 2 aromatic rings. The van der Waals surface area contributed by atoms with Crippen LogP contribution in [-0.4, -0.2) is 17.6 Å². The molecule has 0 aliphatic rings. The second-order valence-electron chi connectivity index (χ2n) is 4.01. The number of hydrogen-bond donors (Lipinski definition) is 0. The van der Waals surface area contributed by atoms with E-state index in [2.05, 4.69) is 4.98 Å². The molecule has 1 aromatic heterocycles. The third-order valence-electron chi connectivity index (χ3n) is 2.47. The van der Waals surface area contributed by atoms with E-state index in [1.54, 1.807) is 0 Å². The molecule has 0 unspecified atom stereocenters. The summed E-state index contributed by atoms with van der Waals surface area (Å²) in [5.41, 5.74) is 0. The van der Waals surface area contributed by atoms with Crippen LogP contribution in [0.5, 0.6) is 5.75 Å². The van der Waals surface area contributed by atoms with Crippen molar-refractivity contribution in [2.75, 3.05) is 6.61 Å². The molecule has 0 amide bonds. The van der Waals surface area contributed by atoms with Gasteiger partial charge in [0, 0.05) is 12.1 Å². The lowest BCUT2D eigenvalue weighted by Gasteiger charge is -2.09. The molecule has 6 nitrogen and oxygen atoms in total. The van der Waals surface area contributed by atoms with Gasteiger partial charge in [0.05, 0.1) is 21.3 Å². The number of hydrogen-bond acceptors (Lipinski definition) is 5. The second-order valence-corrected chi connectivity index (χ2v) is 5.23. The molecular weight excluding hydrogens is 355 g/mol. The Morgan fingerprint density at radius 3 is 2.68 bits per heavy atom. The van der Waals surface area contributed by atoms with Gasteiger partial charge in [-0.25, -0.2) is 9.52 Å². The van der Waals surface area contributed by atoms with Gasteiger partial charge in [0.15, 0.2) is 13.2 Å². The summed E-state index contributed by atoms with van der Waals surface area (Å²) in [6.45, 7) is -0.662. The van der Waals surface area contributed by atoms with Crippen LogP contribution in [0.2, 0.25) is 15.1 Å². The quantitative estimate of drug-likeness (QED) is 0.353. The lowest BCUT2D eigenvalue weighted by Crippen LogP contribution is -2.33. The Labute approximate surface area is 140 Å². The smallest absolute Gasteiger partial charge is 0.344 e. The molecule has 0 N–H and O–H groups in total. The van der Waals surface area contributed by atoms with Gasteiger partial charge >= 0.3 is 11.8 Å². The van der Waals surface area contributed by atoms with Crippen LogP contribution in [-0.2, 0) is 16.1 Å². The fourth-order valence-corrected chi connectivity index (χ4v) is 2.02. The summed E-state index contributed by atoms with van der Waals surface area (Å²) < 4.78 is 10.6. The zero-order chi connectivity index (χ0) is 16.1. The van der Waals surface area contributed by atoms with E-state index in [4.69, 9.17) is 44.3 Å². The Kier molecular flexibility index (Phi) is 5.65. The molecule has 0 spiro atoms. The zero-order valence-corrected chi connectivity index (χ0v) is 13.2. The molecule has 0 saturated heterocycles. The number of benzene rings is 1. The second kappa shape index (κ2) is 7.49. The summed E-state index contributed by atoms with van der Waals surface area (Å²) in [7, 11) is 0. The molecule has 1 heterocycles. The molecule has 0 aliphatic carbocycles. The summed E-state index contributed by atoms with van der Waals surface area (Å²) in [6.07, 6.45) is 2.67. The minimum absolute atomic E-state index is 0.0587. The molecule has 2 rings (SSSR count). The van der Waals surface area contributed by atoms with Crippen LogP contribution in [0.4, 0.5) is 0 Å². The first kappa shape index (κ1) is 16.6. The van der Waals surface area contributed by atoms with E-state index in [0.29, 0.717) is 4.73 Å². The molecule has 0 atom stereocenters. The number of aromatic nitrogens is 2. The fraction of sp³-hybridized carbons (Fsp3) is 0.154. The van der Waals surface area contributed by atoms with Crippen molar-refractivity contribution >= 4 is 40.8 Å². The van der Waals surface area contributed by atoms with Gasteiger partial charge in [-0.2, -0.15) is 0 Å². The highest BCUT2D eigenvalue weighted by molar-refractivity contribution is 6.43. The molecule has 0 aliphatic heterocycles. The van der Waals surface area contributed by atoms with E-state index in [9.17, 15) is 10.0 Å². The first-order valence-electron chi connectivity index (χ1n) is 5.93. The summed E-state index contributed by atoms with van der Waals surface area (Å²) in [5.74, 6) is -0.430. The van der Waals surface area contributed by atoms with Crippen LogP contribution >= 0.6 is 34.8 Å². The van der Waals surface area contributed by atoms with E-state index in [1.807, 2.05) is 0 Å². The van der Waals surface area contributed by atoms with E-state index in [1.165, 1.54) is 30.6 Å². The lowest BCUT2D eigenvalue weighted by atomic mass is 10.3. The Morgan fingerprint density at radius 2 is 1.95 bits per heavy atom. The predicted molar refractivity (Wildman–Crippen MR) is 80.0 cm³/mol. The number of ether oxygens (including phenoxy) is 2. The van der Waals surface area contributed by atoms with E-state index in [-0.39, 0.29) is 33.2 Å².